The summed E-state index contributed by atoms with van der Waals surface area (Å²) in [6.07, 6.45) is 2.27. The monoisotopic (exact) mass is 319 g/mol. The third kappa shape index (κ3) is 3.04. The Balaban J connectivity index is 1.93. The Hall–Kier alpha value is -1.18. The van der Waals surface area contributed by atoms with E-state index in [2.05, 4.69) is 43.4 Å². The maximum atomic E-state index is 6.09. The van der Waals surface area contributed by atoms with Crippen LogP contribution in [0.2, 0.25) is 10.0 Å². The second-order valence-corrected chi connectivity index (χ2v) is 7.24. The second kappa shape index (κ2) is 5.55. The topological polar surface area (TPSA) is 12.0 Å². The van der Waals surface area contributed by atoms with Crippen LogP contribution >= 0.6 is 23.2 Å². The van der Waals surface area contributed by atoms with Gasteiger partial charge in [0.15, 0.2) is 0 Å². The first-order valence-electron chi connectivity index (χ1n) is 7.28. The SMILES string of the molecule is CC1(C)CCC(Nc2cc(Cl)cc(Cl)c2)c2ccccc21. The summed E-state index contributed by atoms with van der Waals surface area (Å²) in [7, 11) is 0. The van der Waals surface area contributed by atoms with Gasteiger partial charge in [-0.3, -0.25) is 0 Å². The van der Waals surface area contributed by atoms with Crippen LogP contribution in [-0.4, -0.2) is 0 Å². The summed E-state index contributed by atoms with van der Waals surface area (Å²) in [5.41, 5.74) is 4.03. The van der Waals surface area contributed by atoms with Gasteiger partial charge in [0.2, 0.25) is 0 Å². The molecule has 3 rings (SSSR count). The van der Waals surface area contributed by atoms with Crippen LogP contribution in [0.1, 0.15) is 43.9 Å². The van der Waals surface area contributed by atoms with E-state index in [-0.39, 0.29) is 5.41 Å². The summed E-state index contributed by atoms with van der Waals surface area (Å²) >= 11 is 12.2. The van der Waals surface area contributed by atoms with E-state index < -0.39 is 0 Å². The molecule has 0 fully saturated rings. The van der Waals surface area contributed by atoms with Gasteiger partial charge in [-0.1, -0.05) is 61.3 Å². The fraction of sp³-hybridized carbons (Fsp3) is 0.333. The van der Waals surface area contributed by atoms with Crippen molar-refractivity contribution in [1.29, 1.82) is 0 Å². The summed E-state index contributed by atoms with van der Waals surface area (Å²) < 4.78 is 0. The Morgan fingerprint density at radius 3 is 2.43 bits per heavy atom. The van der Waals surface area contributed by atoms with Gasteiger partial charge >= 0.3 is 0 Å². The Labute approximate surface area is 136 Å². The van der Waals surface area contributed by atoms with Gasteiger partial charge in [0.05, 0.1) is 6.04 Å². The van der Waals surface area contributed by atoms with Gasteiger partial charge in [-0.15, -0.1) is 0 Å². The molecule has 110 valence electrons. The van der Waals surface area contributed by atoms with Crippen LogP contribution in [0.5, 0.6) is 0 Å². The van der Waals surface area contributed by atoms with Gasteiger partial charge in [0.25, 0.3) is 0 Å². The predicted molar refractivity (Wildman–Crippen MR) is 91.5 cm³/mol. The highest BCUT2D eigenvalue weighted by Crippen LogP contribution is 2.42. The van der Waals surface area contributed by atoms with Crippen molar-refractivity contribution in [3.8, 4) is 0 Å². The normalized spacial score (nSPS) is 19.9. The predicted octanol–water partition coefficient (Wildman–Crippen LogP) is 6.22. The summed E-state index contributed by atoms with van der Waals surface area (Å²) in [5.74, 6) is 0. The molecule has 0 spiro atoms. The highest BCUT2D eigenvalue weighted by atomic mass is 35.5. The van der Waals surface area contributed by atoms with Gasteiger partial charge in [0, 0.05) is 15.7 Å². The smallest absolute Gasteiger partial charge is 0.0517 e. The zero-order valence-electron chi connectivity index (χ0n) is 12.3. The molecule has 0 aromatic heterocycles. The highest BCUT2D eigenvalue weighted by molar-refractivity contribution is 6.35. The molecule has 21 heavy (non-hydrogen) atoms. The molecule has 1 unspecified atom stereocenters. The van der Waals surface area contributed by atoms with E-state index in [1.807, 2.05) is 12.1 Å². The summed E-state index contributed by atoms with van der Waals surface area (Å²) in [4.78, 5) is 0. The van der Waals surface area contributed by atoms with E-state index >= 15 is 0 Å². The van der Waals surface area contributed by atoms with E-state index in [4.69, 9.17) is 23.2 Å². The second-order valence-electron chi connectivity index (χ2n) is 6.36. The third-order valence-corrected chi connectivity index (χ3v) is 4.76. The molecule has 0 amide bonds. The molecule has 1 aliphatic rings. The Morgan fingerprint density at radius 2 is 1.71 bits per heavy atom. The summed E-state index contributed by atoms with van der Waals surface area (Å²) in [6, 6.07) is 14.6. The Morgan fingerprint density at radius 1 is 1.05 bits per heavy atom. The number of nitrogens with one attached hydrogen (secondary N) is 1. The summed E-state index contributed by atoms with van der Waals surface area (Å²) in [5, 5.41) is 4.91. The Bertz CT molecular complexity index is 644. The number of benzene rings is 2. The van der Waals surface area contributed by atoms with E-state index in [1.165, 1.54) is 11.1 Å². The molecule has 1 nitrogen and oxygen atoms in total. The van der Waals surface area contributed by atoms with Crippen molar-refractivity contribution >= 4 is 28.9 Å². The minimum absolute atomic E-state index is 0.237. The van der Waals surface area contributed by atoms with Crippen molar-refractivity contribution in [3.05, 3.63) is 63.6 Å². The largest absolute Gasteiger partial charge is 0.378 e. The molecule has 1 aliphatic carbocycles. The number of hydrogen-bond donors (Lipinski definition) is 1. The first-order chi connectivity index (χ1) is 9.95. The number of halogens is 2. The van der Waals surface area contributed by atoms with Crippen molar-refractivity contribution in [2.24, 2.45) is 0 Å². The number of fused-ring (bicyclic) bond motifs is 1. The van der Waals surface area contributed by atoms with Crippen molar-refractivity contribution < 1.29 is 0 Å². The van der Waals surface area contributed by atoms with E-state index in [0.29, 0.717) is 16.1 Å². The lowest BCUT2D eigenvalue weighted by molar-refractivity contribution is 0.406. The maximum absolute atomic E-state index is 6.09. The number of rotatable bonds is 2. The zero-order chi connectivity index (χ0) is 15.0. The van der Waals surface area contributed by atoms with Gasteiger partial charge in [-0.2, -0.15) is 0 Å². The molecule has 0 saturated heterocycles. The quantitative estimate of drug-likeness (QED) is 0.693. The molecule has 0 radical (unpaired) electrons. The van der Waals surface area contributed by atoms with Crippen LogP contribution in [-0.2, 0) is 5.41 Å². The molecular weight excluding hydrogens is 301 g/mol. The first kappa shape index (κ1) is 14.7. The standard InChI is InChI=1S/C18H19Cl2N/c1-18(2)8-7-17(15-5-3-4-6-16(15)18)21-14-10-12(19)9-13(20)11-14/h3-6,9-11,17,21H,7-8H2,1-2H3. The Kier molecular flexibility index (Phi) is 3.90. The maximum Gasteiger partial charge on any atom is 0.0517 e. The van der Waals surface area contributed by atoms with E-state index in [0.717, 1.165) is 18.5 Å². The number of anilines is 1. The van der Waals surface area contributed by atoms with Crippen LogP contribution in [0.4, 0.5) is 5.69 Å². The molecular formula is C18H19Cl2N. The first-order valence-corrected chi connectivity index (χ1v) is 8.03. The highest BCUT2D eigenvalue weighted by Gasteiger charge is 2.32. The molecule has 2 aromatic carbocycles. The van der Waals surface area contributed by atoms with Crippen molar-refractivity contribution in [3.63, 3.8) is 0 Å². The van der Waals surface area contributed by atoms with Gasteiger partial charge < -0.3 is 5.32 Å². The van der Waals surface area contributed by atoms with Crippen LogP contribution < -0.4 is 5.32 Å². The molecule has 2 aromatic rings. The average molecular weight is 320 g/mol. The van der Waals surface area contributed by atoms with Crippen molar-refractivity contribution in [1.82, 2.24) is 0 Å². The third-order valence-electron chi connectivity index (χ3n) is 4.33. The minimum Gasteiger partial charge on any atom is -0.378 e. The van der Waals surface area contributed by atoms with Crippen molar-refractivity contribution in [2.75, 3.05) is 5.32 Å². The van der Waals surface area contributed by atoms with Crippen LogP contribution in [0.15, 0.2) is 42.5 Å². The molecule has 0 saturated carbocycles. The lowest BCUT2D eigenvalue weighted by Gasteiger charge is -2.37. The molecule has 0 bridgehead atoms. The molecule has 1 atom stereocenters. The van der Waals surface area contributed by atoms with Gasteiger partial charge in [-0.05, 0) is 47.6 Å². The molecule has 3 heteroatoms. The van der Waals surface area contributed by atoms with E-state index in [1.54, 1.807) is 6.07 Å². The number of hydrogen-bond acceptors (Lipinski definition) is 1. The average Bonchev–Trinajstić information content (AvgIpc) is 2.41. The lowest BCUT2D eigenvalue weighted by Crippen LogP contribution is -2.29. The van der Waals surface area contributed by atoms with Gasteiger partial charge in [-0.25, -0.2) is 0 Å². The van der Waals surface area contributed by atoms with Gasteiger partial charge in [0.1, 0.15) is 0 Å². The van der Waals surface area contributed by atoms with Crippen LogP contribution in [0.3, 0.4) is 0 Å². The summed E-state index contributed by atoms with van der Waals surface area (Å²) in [6.45, 7) is 4.64. The zero-order valence-corrected chi connectivity index (χ0v) is 13.8. The fourth-order valence-corrected chi connectivity index (χ4v) is 3.73. The molecule has 0 heterocycles. The van der Waals surface area contributed by atoms with Crippen LogP contribution in [0, 0.1) is 0 Å². The lowest BCUT2D eigenvalue weighted by atomic mass is 9.71. The fourth-order valence-electron chi connectivity index (χ4n) is 3.20. The minimum atomic E-state index is 0.237. The van der Waals surface area contributed by atoms with Crippen LogP contribution in [0.25, 0.3) is 0 Å². The molecule has 0 aliphatic heterocycles. The van der Waals surface area contributed by atoms with Crippen molar-refractivity contribution in [2.45, 2.75) is 38.1 Å². The molecule has 1 N–H and O–H groups in total. The van der Waals surface area contributed by atoms with E-state index in [9.17, 15) is 0 Å².